The number of nitrogens with zero attached hydrogens (tertiary/aromatic N) is 1. The highest BCUT2D eigenvalue weighted by molar-refractivity contribution is 5.92. The maximum Gasteiger partial charge on any atom is 0.227 e. The largest absolute Gasteiger partial charge is 0.493 e. The fourth-order valence-corrected chi connectivity index (χ4v) is 4.06. The van der Waals surface area contributed by atoms with Gasteiger partial charge in [0, 0.05) is 43.6 Å². The van der Waals surface area contributed by atoms with Gasteiger partial charge in [-0.15, -0.1) is 0 Å². The highest BCUT2D eigenvalue weighted by Gasteiger charge is 2.22. The number of hydrogen-bond donors (Lipinski definition) is 1. The smallest absolute Gasteiger partial charge is 0.227 e. The number of carbonyl (C=O) groups is 1. The Kier molecular flexibility index (Phi) is 5.90. The summed E-state index contributed by atoms with van der Waals surface area (Å²) >= 11 is 0. The van der Waals surface area contributed by atoms with Crippen molar-refractivity contribution in [2.75, 3.05) is 44.2 Å². The summed E-state index contributed by atoms with van der Waals surface area (Å²) in [6.45, 7) is 3.11. The van der Waals surface area contributed by atoms with Crippen LogP contribution < -0.4 is 19.7 Å². The van der Waals surface area contributed by atoms with Gasteiger partial charge in [0.15, 0.2) is 11.5 Å². The van der Waals surface area contributed by atoms with Crippen LogP contribution in [0.3, 0.4) is 0 Å². The van der Waals surface area contributed by atoms with E-state index in [0.29, 0.717) is 13.2 Å². The first-order chi connectivity index (χ1) is 14.2. The molecule has 2 heterocycles. The first-order valence-corrected chi connectivity index (χ1v) is 10.2. The van der Waals surface area contributed by atoms with Gasteiger partial charge in [-0.05, 0) is 66.8 Å². The van der Waals surface area contributed by atoms with E-state index in [0.717, 1.165) is 55.2 Å². The van der Waals surface area contributed by atoms with Gasteiger partial charge < -0.3 is 24.4 Å². The number of carbonyl (C=O) groups excluding carboxylic acids is 1. The van der Waals surface area contributed by atoms with Crippen LogP contribution in [0.1, 0.15) is 24.0 Å². The standard InChI is InChI=1S/C23H28N2O4/c1-27-21-13-17-7-10-25(15-18(17)14-22(21)28-2)20-5-3-19(4-6-20)24-23(26)16-8-11-29-12-9-16/h3-6,13-14,16H,7-12,15H2,1-2H3,(H,24,26). The number of rotatable bonds is 5. The van der Waals surface area contributed by atoms with Crippen molar-refractivity contribution in [3.8, 4) is 11.5 Å². The van der Waals surface area contributed by atoms with Crippen molar-refractivity contribution in [2.24, 2.45) is 5.92 Å². The van der Waals surface area contributed by atoms with Crippen molar-refractivity contribution < 1.29 is 19.0 Å². The second-order valence-electron chi connectivity index (χ2n) is 7.57. The average molecular weight is 396 g/mol. The molecule has 0 atom stereocenters. The number of anilines is 2. The number of ether oxygens (including phenoxy) is 3. The second-order valence-corrected chi connectivity index (χ2v) is 7.57. The molecule has 2 aliphatic rings. The minimum absolute atomic E-state index is 0.0500. The van der Waals surface area contributed by atoms with Crippen LogP contribution in [-0.4, -0.2) is 39.9 Å². The van der Waals surface area contributed by atoms with E-state index in [1.54, 1.807) is 14.2 Å². The number of nitrogens with one attached hydrogen (secondary N) is 1. The van der Waals surface area contributed by atoms with Crippen LogP contribution in [0.4, 0.5) is 11.4 Å². The van der Waals surface area contributed by atoms with E-state index in [4.69, 9.17) is 14.2 Å². The quantitative estimate of drug-likeness (QED) is 0.836. The van der Waals surface area contributed by atoms with Gasteiger partial charge in [-0.1, -0.05) is 0 Å². The van der Waals surface area contributed by atoms with Crippen molar-refractivity contribution in [2.45, 2.75) is 25.8 Å². The number of fused-ring (bicyclic) bond motifs is 1. The zero-order chi connectivity index (χ0) is 20.2. The van der Waals surface area contributed by atoms with Gasteiger partial charge in [0.1, 0.15) is 0 Å². The van der Waals surface area contributed by atoms with E-state index in [2.05, 4.69) is 34.5 Å². The molecule has 0 aliphatic carbocycles. The fraction of sp³-hybridized carbons (Fsp3) is 0.435. The number of methoxy groups -OCH3 is 2. The van der Waals surface area contributed by atoms with Gasteiger partial charge in [0.25, 0.3) is 0 Å². The monoisotopic (exact) mass is 396 g/mol. The predicted octanol–water partition coefficient (Wildman–Crippen LogP) is 3.63. The second kappa shape index (κ2) is 8.74. The molecule has 0 saturated carbocycles. The maximum atomic E-state index is 12.4. The maximum absolute atomic E-state index is 12.4. The highest BCUT2D eigenvalue weighted by atomic mass is 16.5. The summed E-state index contributed by atoms with van der Waals surface area (Å²) in [7, 11) is 3.33. The third kappa shape index (κ3) is 4.32. The molecule has 6 nitrogen and oxygen atoms in total. The van der Waals surface area contributed by atoms with Crippen molar-refractivity contribution >= 4 is 17.3 Å². The van der Waals surface area contributed by atoms with Crippen LogP contribution in [0.2, 0.25) is 0 Å². The van der Waals surface area contributed by atoms with Crippen LogP contribution in [0.25, 0.3) is 0 Å². The zero-order valence-electron chi connectivity index (χ0n) is 17.1. The van der Waals surface area contributed by atoms with Crippen LogP contribution in [0.15, 0.2) is 36.4 Å². The molecule has 1 N–H and O–H groups in total. The number of hydrogen-bond acceptors (Lipinski definition) is 5. The third-order valence-corrected chi connectivity index (χ3v) is 5.81. The predicted molar refractivity (Wildman–Crippen MR) is 113 cm³/mol. The minimum atomic E-state index is 0.0500. The molecule has 154 valence electrons. The minimum Gasteiger partial charge on any atom is -0.493 e. The fourth-order valence-electron chi connectivity index (χ4n) is 4.06. The summed E-state index contributed by atoms with van der Waals surface area (Å²) in [5.74, 6) is 1.69. The lowest BCUT2D eigenvalue weighted by molar-refractivity contribution is -0.122. The average Bonchev–Trinajstić information content (AvgIpc) is 2.78. The van der Waals surface area contributed by atoms with Crippen molar-refractivity contribution in [3.05, 3.63) is 47.5 Å². The van der Waals surface area contributed by atoms with Gasteiger partial charge in [0.2, 0.25) is 5.91 Å². The Bertz CT molecular complexity index is 860. The molecule has 29 heavy (non-hydrogen) atoms. The summed E-state index contributed by atoms with van der Waals surface area (Å²) in [5.41, 5.74) is 4.55. The van der Waals surface area contributed by atoms with Gasteiger partial charge in [0.05, 0.1) is 14.2 Å². The van der Waals surface area contributed by atoms with Crippen molar-refractivity contribution in [3.63, 3.8) is 0 Å². The molecule has 0 bridgehead atoms. The van der Waals surface area contributed by atoms with E-state index in [-0.39, 0.29) is 11.8 Å². The van der Waals surface area contributed by atoms with Crippen molar-refractivity contribution in [1.82, 2.24) is 0 Å². The van der Waals surface area contributed by atoms with E-state index in [1.165, 1.54) is 11.1 Å². The topological polar surface area (TPSA) is 60.0 Å². The lowest BCUT2D eigenvalue weighted by atomic mass is 9.98. The first-order valence-electron chi connectivity index (χ1n) is 10.2. The first kappa shape index (κ1) is 19.6. The summed E-state index contributed by atoms with van der Waals surface area (Å²) in [5, 5.41) is 3.04. The van der Waals surface area contributed by atoms with Gasteiger partial charge >= 0.3 is 0 Å². The number of benzene rings is 2. The summed E-state index contributed by atoms with van der Waals surface area (Å²) in [4.78, 5) is 14.8. The van der Waals surface area contributed by atoms with E-state index in [1.807, 2.05) is 12.1 Å². The molecular formula is C23H28N2O4. The van der Waals surface area contributed by atoms with E-state index < -0.39 is 0 Å². The van der Waals surface area contributed by atoms with Gasteiger partial charge in [-0.2, -0.15) is 0 Å². The van der Waals surface area contributed by atoms with Crippen molar-refractivity contribution in [1.29, 1.82) is 0 Å². The molecule has 2 aromatic rings. The molecule has 1 amide bonds. The molecule has 2 aromatic carbocycles. The molecule has 1 fully saturated rings. The lowest BCUT2D eigenvalue weighted by Gasteiger charge is -2.31. The summed E-state index contributed by atoms with van der Waals surface area (Å²) < 4.78 is 16.2. The Morgan fingerprint density at radius 2 is 1.69 bits per heavy atom. The van der Waals surface area contributed by atoms with Crippen LogP contribution in [-0.2, 0) is 22.5 Å². The van der Waals surface area contributed by atoms with Gasteiger partial charge in [-0.3, -0.25) is 4.79 Å². The normalized spacial score (nSPS) is 16.8. The Balaban J connectivity index is 1.42. The van der Waals surface area contributed by atoms with Crippen LogP contribution in [0.5, 0.6) is 11.5 Å². The number of amides is 1. The Morgan fingerprint density at radius 3 is 2.34 bits per heavy atom. The van der Waals surface area contributed by atoms with Gasteiger partial charge in [-0.25, -0.2) is 0 Å². The summed E-state index contributed by atoms with van der Waals surface area (Å²) in [6.07, 6.45) is 2.55. The Labute approximate surface area is 171 Å². The molecular weight excluding hydrogens is 368 g/mol. The lowest BCUT2D eigenvalue weighted by Crippen LogP contribution is -2.30. The molecule has 1 saturated heterocycles. The third-order valence-electron chi connectivity index (χ3n) is 5.81. The molecule has 2 aliphatic heterocycles. The molecule has 0 radical (unpaired) electrons. The van der Waals surface area contributed by atoms with Crippen LogP contribution >= 0.6 is 0 Å². The highest BCUT2D eigenvalue weighted by Crippen LogP contribution is 2.34. The zero-order valence-corrected chi connectivity index (χ0v) is 17.1. The molecule has 0 spiro atoms. The van der Waals surface area contributed by atoms with Crippen LogP contribution in [0, 0.1) is 5.92 Å². The Morgan fingerprint density at radius 1 is 1.03 bits per heavy atom. The SMILES string of the molecule is COc1cc2c(cc1OC)CN(c1ccc(NC(=O)C3CCOCC3)cc1)CC2. The molecule has 0 aromatic heterocycles. The van der Waals surface area contributed by atoms with E-state index in [9.17, 15) is 4.79 Å². The molecule has 4 rings (SSSR count). The molecule has 6 heteroatoms. The molecule has 0 unspecified atom stereocenters. The Hall–Kier alpha value is -2.73. The summed E-state index contributed by atoms with van der Waals surface area (Å²) in [6, 6.07) is 12.3. The van der Waals surface area contributed by atoms with E-state index >= 15 is 0 Å².